The van der Waals surface area contributed by atoms with Gasteiger partial charge < -0.3 is 5.11 Å². The van der Waals surface area contributed by atoms with E-state index in [1.54, 1.807) is 0 Å². The van der Waals surface area contributed by atoms with E-state index >= 15 is 0 Å². The number of hydrogen-bond donors (Lipinski definition) is 1. The number of aliphatic hydroxyl groups excluding tert-OH is 1. The molecule has 0 aliphatic carbocycles. The molecule has 1 aliphatic rings. The second-order valence-electron chi connectivity index (χ2n) is 2.66. The molecule has 10 heavy (non-hydrogen) atoms. The van der Waals surface area contributed by atoms with Crippen molar-refractivity contribution >= 4 is 0 Å². The number of aliphatic hydroxyl groups is 1. The van der Waals surface area contributed by atoms with E-state index in [4.69, 9.17) is 5.26 Å². The Labute approximate surface area is 60.9 Å². The van der Waals surface area contributed by atoms with Crippen molar-refractivity contribution in [3.05, 3.63) is 0 Å². The van der Waals surface area contributed by atoms with E-state index in [-0.39, 0.29) is 5.92 Å². The maximum atomic E-state index is 9.23. The smallest absolute Gasteiger partial charge is 0.0861 e. The largest absolute Gasteiger partial charge is 0.390 e. The summed E-state index contributed by atoms with van der Waals surface area (Å²) in [7, 11) is 0. The number of nitriles is 1. The Kier molecular flexibility index (Phi) is 2.25. The molecule has 56 valence electrons. The van der Waals surface area contributed by atoms with Gasteiger partial charge in [0.05, 0.1) is 18.1 Å². The van der Waals surface area contributed by atoms with Crippen LogP contribution < -0.4 is 0 Å². The highest BCUT2D eigenvalue weighted by atomic mass is 16.3. The number of rotatable bonds is 1. The molecule has 1 N–H and O–H groups in total. The molecule has 1 rings (SSSR count). The molecule has 1 fully saturated rings. The molecule has 0 radical (unpaired) electrons. The Hall–Kier alpha value is -0.590. The van der Waals surface area contributed by atoms with E-state index in [1.165, 1.54) is 0 Å². The van der Waals surface area contributed by atoms with Crippen molar-refractivity contribution in [2.45, 2.75) is 13.0 Å². The van der Waals surface area contributed by atoms with Crippen molar-refractivity contribution in [3.8, 4) is 6.07 Å². The van der Waals surface area contributed by atoms with Crippen LogP contribution in [0, 0.1) is 17.2 Å². The average molecular weight is 140 g/mol. The lowest BCUT2D eigenvalue weighted by molar-refractivity contribution is 0.160. The van der Waals surface area contributed by atoms with Crippen LogP contribution in [0.3, 0.4) is 0 Å². The molecule has 2 atom stereocenters. The average Bonchev–Trinajstić information content (AvgIpc) is 2.30. The number of hydrogen-bond acceptors (Lipinski definition) is 3. The van der Waals surface area contributed by atoms with E-state index in [1.807, 2.05) is 6.92 Å². The van der Waals surface area contributed by atoms with Gasteiger partial charge >= 0.3 is 0 Å². The van der Waals surface area contributed by atoms with Gasteiger partial charge in [0.2, 0.25) is 0 Å². The van der Waals surface area contributed by atoms with Gasteiger partial charge in [0, 0.05) is 13.1 Å². The number of β-amino-alcohol motifs (C(OH)–C–C–N with tert-alkyl or cyclic N) is 1. The minimum absolute atomic E-state index is 0.167. The van der Waals surface area contributed by atoms with Gasteiger partial charge in [0.25, 0.3) is 0 Å². The summed E-state index contributed by atoms with van der Waals surface area (Å²) in [5.41, 5.74) is 0. The van der Waals surface area contributed by atoms with Crippen LogP contribution in [0.5, 0.6) is 0 Å². The fourth-order valence-corrected chi connectivity index (χ4v) is 1.25. The molecule has 1 aliphatic heterocycles. The second-order valence-corrected chi connectivity index (χ2v) is 2.66. The van der Waals surface area contributed by atoms with Gasteiger partial charge in [-0.15, -0.1) is 0 Å². The Morgan fingerprint density at radius 2 is 2.40 bits per heavy atom. The lowest BCUT2D eigenvalue weighted by atomic mass is 10.1. The molecule has 0 amide bonds. The molecule has 0 bridgehead atoms. The first-order chi connectivity index (χ1) is 4.77. The van der Waals surface area contributed by atoms with Crippen LogP contribution in [0.15, 0.2) is 0 Å². The summed E-state index contributed by atoms with van der Waals surface area (Å²) >= 11 is 0. The summed E-state index contributed by atoms with van der Waals surface area (Å²) in [6.45, 7) is 4.35. The van der Waals surface area contributed by atoms with Crippen LogP contribution in [-0.4, -0.2) is 35.7 Å². The van der Waals surface area contributed by atoms with Crippen LogP contribution in [-0.2, 0) is 0 Å². The van der Waals surface area contributed by atoms with E-state index in [9.17, 15) is 5.11 Å². The number of nitrogens with zero attached hydrogens (tertiary/aromatic N) is 2. The van der Waals surface area contributed by atoms with Crippen molar-refractivity contribution in [2.24, 2.45) is 5.92 Å². The monoisotopic (exact) mass is 140 g/mol. The first-order valence-corrected chi connectivity index (χ1v) is 3.58. The van der Waals surface area contributed by atoms with E-state index in [2.05, 4.69) is 11.0 Å². The van der Waals surface area contributed by atoms with Gasteiger partial charge in [-0.05, 0) is 6.54 Å². The first-order valence-electron chi connectivity index (χ1n) is 3.58. The van der Waals surface area contributed by atoms with Crippen LogP contribution in [0.1, 0.15) is 6.92 Å². The molecule has 0 spiro atoms. The van der Waals surface area contributed by atoms with Gasteiger partial charge in [0.15, 0.2) is 0 Å². The van der Waals surface area contributed by atoms with E-state index in [0.717, 1.165) is 13.1 Å². The van der Waals surface area contributed by atoms with Gasteiger partial charge in [-0.1, -0.05) is 6.92 Å². The molecule has 0 saturated carbocycles. The SMILES string of the molecule is CCN1CC(C#N)[C@@H](O)C1. The normalized spacial score (nSPS) is 34.1. The zero-order valence-corrected chi connectivity index (χ0v) is 6.12. The third-order valence-electron chi connectivity index (χ3n) is 1.98. The van der Waals surface area contributed by atoms with Crippen LogP contribution in [0.2, 0.25) is 0 Å². The topological polar surface area (TPSA) is 47.3 Å². The summed E-state index contributed by atoms with van der Waals surface area (Å²) in [5.74, 6) is -0.167. The van der Waals surface area contributed by atoms with Gasteiger partial charge in [-0.2, -0.15) is 5.26 Å². The highest BCUT2D eigenvalue weighted by Gasteiger charge is 2.29. The fraction of sp³-hybridized carbons (Fsp3) is 0.857. The number of likely N-dealkylation sites (tertiary alicyclic amines) is 1. The lowest BCUT2D eigenvalue weighted by Gasteiger charge is -2.09. The molecular weight excluding hydrogens is 128 g/mol. The Balaban J connectivity index is 2.46. The maximum absolute atomic E-state index is 9.23. The summed E-state index contributed by atoms with van der Waals surface area (Å²) < 4.78 is 0. The van der Waals surface area contributed by atoms with Crippen LogP contribution in [0.25, 0.3) is 0 Å². The number of likely N-dealkylation sites (N-methyl/N-ethyl adjacent to an activating group) is 1. The van der Waals surface area contributed by atoms with E-state index in [0.29, 0.717) is 6.54 Å². The fourth-order valence-electron chi connectivity index (χ4n) is 1.25. The lowest BCUT2D eigenvalue weighted by Crippen LogP contribution is -2.21. The Morgan fingerprint density at radius 3 is 2.70 bits per heavy atom. The van der Waals surface area contributed by atoms with Gasteiger partial charge in [-0.3, -0.25) is 4.90 Å². The van der Waals surface area contributed by atoms with Crippen molar-refractivity contribution in [1.82, 2.24) is 4.90 Å². The minimum atomic E-state index is -0.426. The molecule has 1 heterocycles. The van der Waals surface area contributed by atoms with Crippen molar-refractivity contribution in [1.29, 1.82) is 5.26 Å². The van der Waals surface area contributed by atoms with Gasteiger partial charge in [-0.25, -0.2) is 0 Å². The van der Waals surface area contributed by atoms with Crippen molar-refractivity contribution in [2.75, 3.05) is 19.6 Å². The molecular formula is C7H12N2O. The van der Waals surface area contributed by atoms with Gasteiger partial charge in [0.1, 0.15) is 0 Å². The zero-order valence-electron chi connectivity index (χ0n) is 6.12. The Bertz CT molecular complexity index is 152. The highest BCUT2D eigenvalue weighted by molar-refractivity contribution is 4.96. The molecule has 0 aromatic rings. The first kappa shape index (κ1) is 7.52. The molecule has 1 unspecified atom stereocenters. The standard InChI is InChI=1S/C7H12N2O/c1-2-9-4-6(3-8)7(10)5-9/h6-7,10H,2,4-5H2,1H3/t6?,7-/m0/s1. The summed E-state index contributed by atoms with van der Waals surface area (Å²) in [4.78, 5) is 2.08. The highest BCUT2D eigenvalue weighted by Crippen LogP contribution is 2.14. The third-order valence-corrected chi connectivity index (χ3v) is 1.98. The second kappa shape index (κ2) is 3.00. The predicted molar refractivity (Wildman–Crippen MR) is 37.2 cm³/mol. The third kappa shape index (κ3) is 1.28. The maximum Gasteiger partial charge on any atom is 0.0861 e. The molecule has 0 aromatic carbocycles. The summed E-state index contributed by atoms with van der Waals surface area (Å²) in [6, 6.07) is 2.09. The van der Waals surface area contributed by atoms with E-state index < -0.39 is 6.10 Å². The molecule has 3 nitrogen and oxygen atoms in total. The minimum Gasteiger partial charge on any atom is -0.390 e. The van der Waals surface area contributed by atoms with Crippen LogP contribution >= 0.6 is 0 Å². The van der Waals surface area contributed by atoms with Crippen molar-refractivity contribution in [3.63, 3.8) is 0 Å². The predicted octanol–water partition coefficient (Wildman–Crippen LogP) is -0.177. The molecule has 0 aromatic heterocycles. The summed E-state index contributed by atoms with van der Waals surface area (Å²) in [6.07, 6.45) is -0.426. The molecule has 3 heteroatoms. The quantitative estimate of drug-likeness (QED) is 0.549. The molecule has 1 saturated heterocycles. The summed E-state index contributed by atoms with van der Waals surface area (Å²) in [5, 5.41) is 17.7. The van der Waals surface area contributed by atoms with Crippen molar-refractivity contribution < 1.29 is 5.11 Å². The van der Waals surface area contributed by atoms with Crippen LogP contribution in [0.4, 0.5) is 0 Å². The Morgan fingerprint density at radius 1 is 1.70 bits per heavy atom. The zero-order chi connectivity index (χ0) is 7.56.